The summed E-state index contributed by atoms with van der Waals surface area (Å²) in [5, 5.41) is 9.53. The van der Waals surface area contributed by atoms with Crippen molar-refractivity contribution in [3.8, 4) is 0 Å². The molecule has 8 heteroatoms. The third-order valence-electron chi connectivity index (χ3n) is 7.74. The van der Waals surface area contributed by atoms with Gasteiger partial charge in [-0.15, -0.1) is 0 Å². The van der Waals surface area contributed by atoms with Gasteiger partial charge in [-0.3, -0.25) is 9.59 Å². The molecule has 0 radical (unpaired) electrons. The van der Waals surface area contributed by atoms with Gasteiger partial charge in [-0.25, -0.2) is 9.18 Å². The fraction of sp³-hybridized carbons (Fsp3) is 0.621. The Morgan fingerprint density at radius 1 is 0.946 bits per heavy atom. The number of aromatic nitrogens is 1. The molecule has 1 aliphatic carbocycles. The summed E-state index contributed by atoms with van der Waals surface area (Å²) >= 11 is 0. The second kappa shape index (κ2) is 12.6. The number of pyridine rings is 1. The largest absolute Gasteiger partial charge is 0.477 e. The number of carboxylic acid groups (broad SMARTS) is 1. The van der Waals surface area contributed by atoms with Crippen LogP contribution in [0.25, 0.3) is 10.9 Å². The monoisotopic (exact) mass is 513 g/mol. The number of carbonyl (C=O) groups is 2. The second-order valence-corrected chi connectivity index (χ2v) is 10.6. The molecule has 0 spiro atoms. The van der Waals surface area contributed by atoms with E-state index in [1.165, 1.54) is 57.2 Å². The zero-order valence-corrected chi connectivity index (χ0v) is 22.0. The van der Waals surface area contributed by atoms with E-state index in [0.29, 0.717) is 43.8 Å². The molecule has 2 fully saturated rings. The maximum atomic E-state index is 15.2. The van der Waals surface area contributed by atoms with E-state index in [-0.39, 0.29) is 22.9 Å². The molecular formula is C29H40FN3O4. The van der Waals surface area contributed by atoms with Gasteiger partial charge in [0.1, 0.15) is 11.4 Å². The number of carboxylic acids is 1. The Hall–Kier alpha value is -2.90. The third kappa shape index (κ3) is 6.70. The fourth-order valence-corrected chi connectivity index (χ4v) is 5.35. The maximum absolute atomic E-state index is 15.2. The lowest BCUT2D eigenvalue weighted by molar-refractivity contribution is -0.131. The SMILES string of the molecule is CCCCCCCCCCCC(=O)N1CCN(c2cc3c(cc2F)c(=O)c(C(=O)O)cn3C2CC2)CC1. The van der Waals surface area contributed by atoms with Crippen LogP contribution < -0.4 is 10.3 Å². The van der Waals surface area contributed by atoms with Crippen molar-refractivity contribution >= 4 is 28.5 Å². The number of nitrogens with zero attached hydrogens (tertiary/aromatic N) is 3. The molecule has 1 saturated carbocycles. The summed E-state index contributed by atoms with van der Waals surface area (Å²) in [5.41, 5.74) is -0.0180. The van der Waals surface area contributed by atoms with Crippen molar-refractivity contribution < 1.29 is 19.1 Å². The lowest BCUT2D eigenvalue weighted by Crippen LogP contribution is -2.49. The highest BCUT2D eigenvalue weighted by Crippen LogP contribution is 2.38. The summed E-state index contributed by atoms with van der Waals surface area (Å²) in [5.74, 6) is -1.66. The maximum Gasteiger partial charge on any atom is 0.341 e. The van der Waals surface area contributed by atoms with Crippen LogP contribution in [0.1, 0.15) is 100 Å². The van der Waals surface area contributed by atoms with Gasteiger partial charge in [0.25, 0.3) is 0 Å². The van der Waals surface area contributed by atoms with Gasteiger partial charge in [0.15, 0.2) is 0 Å². The zero-order valence-electron chi connectivity index (χ0n) is 22.0. The first-order valence-electron chi connectivity index (χ1n) is 14.0. The Kier molecular flexibility index (Phi) is 9.22. The zero-order chi connectivity index (χ0) is 26.4. The number of fused-ring (bicyclic) bond motifs is 1. The van der Waals surface area contributed by atoms with Crippen LogP contribution in [0.5, 0.6) is 0 Å². The van der Waals surface area contributed by atoms with Gasteiger partial charge in [0, 0.05) is 50.2 Å². The number of unbranched alkanes of at least 4 members (excludes halogenated alkanes) is 8. The van der Waals surface area contributed by atoms with E-state index in [2.05, 4.69) is 6.92 Å². The van der Waals surface area contributed by atoms with Crippen molar-refractivity contribution in [1.82, 2.24) is 9.47 Å². The van der Waals surface area contributed by atoms with Crippen LogP contribution in [0.2, 0.25) is 0 Å². The predicted octanol–water partition coefficient (Wildman–Crippen LogP) is 5.74. The summed E-state index contributed by atoms with van der Waals surface area (Å²) in [6.07, 6.45) is 14.8. The Morgan fingerprint density at radius 3 is 2.16 bits per heavy atom. The first-order chi connectivity index (χ1) is 17.9. The number of rotatable bonds is 13. The van der Waals surface area contributed by atoms with Gasteiger partial charge in [-0.2, -0.15) is 0 Å². The molecule has 1 saturated heterocycles. The van der Waals surface area contributed by atoms with Crippen LogP contribution in [0.3, 0.4) is 0 Å². The molecule has 0 atom stereocenters. The van der Waals surface area contributed by atoms with Gasteiger partial charge < -0.3 is 19.5 Å². The number of carbonyl (C=O) groups excluding carboxylic acids is 1. The van der Waals surface area contributed by atoms with Gasteiger partial charge in [0.2, 0.25) is 11.3 Å². The van der Waals surface area contributed by atoms with Crippen molar-refractivity contribution in [2.24, 2.45) is 0 Å². The number of anilines is 1. The summed E-state index contributed by atoms with van der Waals surface area (Å²) in [6, 6.07) is 2.99. The summed E-state index contributed by atoms with van der Waals surface area (Å²) in [6.45, 7) is 4.36. The minimum absolute atomic E-state index is 0.0998. The molecule has 1 aromatic heterocycles. The number of amides is 1. The Bertz CT molecular complexity index is 1170. The van der Waals surface area contributed by atoms with Crippen LogP contribution in [0.15, 0.2) is 23.1 Å². The van der Waals surface area contributed by atoms with Crippen molar-refractivity contribution in [1.29, 1.82) is 0 Å². The smallest absolute Gasteiger partial charge is 0.341 e. The topological polar surface area (TPSA) is 82.8 Å². The van der Waals surface area contributed by atoms with Crippen LogP contribution in [-0.2, 0) is 4.79 Å². The molecule has 2 aromatic rings. The second-order valence-electron chi connectivity index (χ2n) is 10.6. The van der Waals surface area contributed by atoms with E-state index < -0.39 is 17.2 Å². The number of halogens is 1. The molecule has 1 N–H and O–H groups in total. The fourth-order valence-electron chi connectivity index (χ4n) is 5.35. The molecule has 4 rings (SSSR count). The van der Waals surface area contributed by atoms with Crippen LogP contribution in [0, 0.1) is 5.82 Å². The van der Waals surface area contributed by atoms with Crippen molar-refractivity contribution in [3.63, 3.8) is 0 Å². The molecule has 2 heterocycles. The van der Waals surface area contributed by atoms with Crippen molar-refractivity contribution in [2.75, 3.05) is 31.1 Å². The van der Waals surface area contributed by atoms with Crippen molar-refractivity contribution in [2.45, 2.75) is 90.0 Å². The highest BCUT2D eigenvalue weighted by molar-refractivity contribution is 5.93. The Labute approximate surface area is 218 Å². The van der Waals surface area contributed by atoms with E-state index in [4.69, 9.17) is 0 Å². The highest BCUT2D eigenvalue weighted by atomic mass is 19.1. The van der Waals surface area contributed by atoms with E-state index >= 15 is 4.39 Å². The molecule has 202 valence electrons. The molecule has 0 unspecified atom stereocenters. The number of hydrogen-bond donors (Lipinski definition) is 1. The van der Waals surface area contributed by atoms with E-state index in [1.807, 2.05) is 14.4 Å². The van der Waals surface area contributed by atoms with Crippen molar-refractivity contribution in [3.05, 3.63) is 39.9 Å². The molecule has 37 heavy (non-hydrogen) atoms. The van der Waals surface area contributed by atoms with Gasteiger partial charge in [-0.05, 0) is 31.4 Å². The highest BCUT2D eigenvalue weighted by Gasteiger charge is 2.29. The first kappa shape index (κ1) is 27.1. The number of benzene rings is 1. The average molecular weight is 514 g/mol. The minimum Gasteiger partial charge on any atom is -0.477 e. The van der Waals surface area contributed by atoms with Gasteiger partial charge >= 0.3 is 5.97 Å². The standard InChI is InChI=1S/C29H40FN3O4/c1-2-3-4-5-6-7-8-9-10-11-27(34)32-16-14-31(15-17-32)26-19-25-22(18-24(26)30)28(35)23(29(36)37)20-33(25)21-12-13-21/h18-21H,2-17H2,1H3,(H,36,37). The normalized spacial score (nSPS) is 15.9. The summed E-state index contributed by atoms with van der Waals surface area (Å²) in [7, 11) is 0. The Balaban J connectivity index is 1.32. The third-order valence-corrected chi connectivity index (χ3v) is 7.74. The lowest BCUT2D eigenvalue weighted by atomic mass is 10.1. The molecule has 2 aliphatic rings. The molecule has 7 nitrogen and oxygen atoms in total. The molecule has 1 aliphatic heterocycles. The van der Waals surface area contributed by atoms with Crippen LogP contribution in [0.4, 0.5) is 10.1 Å². The first-order valence-corrected chi connectivity index (χ1v) is 14.0. The van der Waals surface area contributed by atoms with E-state index in [0.717, 1.165) is 25.7 Å². The molecular weight excluding hydrogens is 473 g/mol. The average Bonchev–Trinajstić information content (AvgIpc) is 3.73. The van der Waals surface area contributed by atoms with Crippen LogP contribution in [-0.4, -0.2) is 52.6 Å². The summed E-state index contributed by atoms with van der Waals surface area (Å²) in [4.78, 5) is 40.7. The van der Waals surface area contributed by atoms with Crippen LogP contribution >= 0.6 is 0 Å². The van der Waals surface area contributed by atoms with E-state index in [9.17, 15) is 19.5 Å². The lowest BCUT2D eigenvalue weighted by Gasteiger charge is -2.36. The number of aromatic carboxylic acids is 1. The Morgan fingerprint density at radius 2 is 1.57 bits per heavy atom. The molecule has 1 aromatic carbocycles. The minimum atomic E-state index is -1.30. The number of hydrogen-bond acceptors (Lipinski definition) is 4. The van der Waals surface area contributed by atoms with Gasteiger partial charge in [0.05, 0.1) is 11.2 Å². The molecule has 1 amide bonds. The van der Waals surface area contributed by atoms with E-state index in [1.54, 1.807) is 6.07 Å². The molecule has 0 bridgehead atoms. The van der Waals surface area contributed by atoms with Gasteiger partial charge in [-0.1, -0.05) is 58.3 Å². The quantitative estimate of drug-likeness (QED) is 0.345. The predicted molar refractivity (Wildman–Crippen MR) is 144 cm³/mol. The number of piperazine rings is 1. The summed E-state index contributed by atoms with van der Waals surface area (Å²) < 4.78 is 17.0.